The van der Waals surface area contributed by atoms with Crippen molar-refractivity contribution in [1.29, 1.82) is 0 Å². The summed E-state index contributed by atoms with van der Waals surface area (Å²) in [5, 5.41) is 0. The molecule has 0 spiro atoms. The van der Waals surface area contributed by atoms with Gasteiger partial charge in [0.05, 0.1) is 0 Å². The minimum atomic E-state index is 0. The largest absolute Gasteiger partial charge is 1.00 e. The van der Waals surface area contributed by atoms with Crippen molar-refractivity contribution < 1.29 is 29.6 Å². The summed E-state index contributed by atoms with van der Waals surface area (Å²) in [7, 11) is 0. The van der Waals surface area contributed by atoms with E-state index in [0.29, 0.717) is 0 Å². The van der Waals surface area contributed by atoms with E-state index in [2.05, 4.69) is 34.2 Å². The maximum atomic E-state index is 4.35. The summed E-state index contributed by atoms with van der Waals surface area (Å²) in [6.45, 7) is 0. The van der Waals surface area contributed by atoms with E-state index in [1.165, 1.54) is 0 Å². The summed E-state index contributed by atoms with van der Waals surface area (Å²) >= 11 is 0. The van der Waals surface area contributed by atoms with Crippen LogP contribution in [0.25, 0.3) is 22.5 Å². The summed E-state index contributed by atoms with van der Waals surface area (Å²) in [6, 6.07) is 20.3. The summed E-state index contributed by atoms with van der Waals surface area (Å²) in [6.07, 6.45) is 1.62. The smallest absolute Gasteiger partial charge is 0.443 e. The molecule has 0 N–H and O–H groups in total. The minimum Gasteiger partial charge on any atom is -0.443 e. The number of benzene rings is 2. The van der Waals surface area contributed by atoms with E-state index >= 15 is 0 Å². The second kappa shape index (κ2) is 6.01. The quantitative estimate of drug-likeness (QED) is 0.607. The molecule has 3 heteroatoms. The molecular formula is C15H11N2Na. The van der Waals surface area contributed by atoms with Gasteiger partial charge in [-0.3, -0.25) is 0 Å². The molecule has 0 fully saturated rings. The van der Waals surface area contributed by atoms with Gasteiger partial charge >= 0.3 is 29.6 Å². The fourth-order valence-electron chi connectivity index (χ4n) is 1.88. The summed E-state index contributed by atoms with van der Waals surface area (Å²) < 4.78 is 0. The molecule has 0 aliphatic carbocycles. The van der Waals surface area contributed by atoms with Gasteiger partial charge in [0.25, 0.3) is 0 Å². The first-order valence-electron chi connectivity index (χ1n) is 5.53. The number of rotatable bonds is 2. The molecular weight excluding hydrogens is 231 g/mol. The van der Waals surface area contributed by atoms with Gasteiger partial charge in [0, 0.05) is 0 Å². The van der Waals surface area contributed by atoms with Crippen LogP contribution in [-0.2, 0) is 0 Å². The molecule has 18 heavy (non-hydrogen) atoms. The van der Waals surface area contributed by atoms with Gasteiger partial charge in [-0.25, -0.2) is 0 Å². The maximum absolute atomic E-state index is 4.35. The molecule has 3 rings (SSSR count). The van der Waals surface area contributed by atoms with Crippen LogP contribution in [0.2, 0.25) is 0 Å². The van der Waals surface area contributed by atoms with E-state index in [9.17, 15) is 0 Å². The molecule has 0 unspecified atom stereocenters. The fourth-order valence-corrected chi connectivity index (χ4v) is 1.88. The zero-order valence-corrected chi connectivity index (χ0v) is 12.2. The van der Waals surface area contributed by atoms with Crippen LogP contribution in [-0.4, -0.2) is 4.98 Å². The predicted octanol–water partition coefficient (Wildman–Crippen LogP) is 0.377. The molecule has 0 radical (unpaired) electrons. The molecule has 0 bridgehead atoms. The molecule has 2 nitrogen and oxygen atoms in total. The first kappa shape index (κ1) is 13.1. The SMILES string of the molecule is [Na+].c1ccc(-c2nc[n-]c2-c2ccccc2)cc1. The number of hydrogen-bond donors (Lipinski definition) is 0. The molecule has 3 aromatic rings. The van der Waals surface area contributed by atoms with Crippen molar-refractivity contribution >= 4 is 0 Å². The Morgan fingerprint density at radius 3 is 1.89 bits per heavy atom. The van der Waals surface area contributed by atoms with Crippen LogP contribution < -0.4 is 34.5 Å². The zero-order valence-electron chi connectivity index (χ0n) is 10.2. The minimum absolute atomic E-state index is 0. The Labute approximate surface area is 128 Å². The van der Waals surface area contributed by atoms with E-state index in [1.54, 1.807) is 6.33 Å². The standard InChI is InChI=1S/C15H11N2.Na/c1-3-7-12(8-4-1)14-15(17-11-16-14)13-9-5-2-6-10-13;/h1-11H;/q-1;+1. The van der Waals surface area contributed by atoms with Gasteiger partial charge in [-0.15, -0.1) is 0 Å². The number of aromatic nitrogens is 2. The molecule has 0 aliphatic rings. The van der Waals surface area contributed by atoms with Crippen molar-refractivity contribution in [3.05, 3.63) is 67.0 Å². The van der Waals surface area contributed by atoms with Gasteiger partial charge in [0.1, 0.15) is 0 Å². The number of nitrogens with zero attached hydrogens (tertiary/aromatic N) is 2. The Bertz CT molecular complexity index is 549. The van der Waals surface area contributed by atoms with Crippen molar-refractivity contribution in [2.24, 2.45) is 0 Å². The van der Waals surface area contributed by atoms with Gasteiger partial charge in [-0.1, -0.05) is 67.0 Å². The normalized spacial score (nSPS) is 9.78. The molecule has 0 aliphatic heterocycles. The zero-order chi connectivity index (χ0) is 11.5. The van der Waals surface area contributed by atoms with Crippen molar-refractivity contribution in [1.82, 2.24) is 9.97 Å². The van der Waals surface area contributed by atoms with E-state index in [0.717, 1.165) is 22.5 Å². The molecule has 0 saturated heterocycles. The van der Waals surface area contributed by atoms with Crippen LogP contribution in [0.3, 0.4) is 0 Å². The number of imidazole rings is 1. The average molecular weight is 242 g/mol. The summed E-state index contributed by atoms with van der Waals surface area (Å²) in [4.78, 5) is 8.70. The Morgan fingerprint density at radius 2 is 1.28 bits per heavy atom. The van der Waals surface area contributed by atoms with Crippen LogP contribution in [0.1, 0.15) is 0 Å². The second-order valence-corrected chi connectivity index (χ2v) is 3.80. The molecule has 2 aromatic carbocycles. The average Bonchev–Trinajstić information content (AvgIpc) is 2.90. The molecule has 0 atom stereocenters. The van der Waals surface area contributed by atoms with E-state index in [1.807, 2.05) is 36.4 Å². The van der Waals surface area contributed by atoms with E-state index < -0.39 is 0 Å². The third-order valence-electron chi connectivity index (χ3n) is 2.69. The van der Waals surface area contributed by atoms with Gasteiger partial charge in [0.15, 0.2) is 0 Å². The summed E-state index contributed by atoms with van der Waals surface area (Å²) in [5.74, 6) is 0. The van der Waals surface area contributed by atoms with Crippen molar-refractivity contribution in [3.63, 3.8) is 0 Å². The monoisotopic (exact) mass is 242 g/mol. The molecule has 82 valence electrons. The Hall–Kier alpha value is -1.35. The van der Waals surface area contributed by atoms with Crippen molar-refractivity contribution in [2.45, 2.75) is 0 Å². The van der Waals surface area contributed by atoms with Crippen molar-refractivity contribution in [2.75, 3.05) is 0 Å². The fraction of sp³-hybridized carbons (Fsp3) is 0. The molecule has 1 heterocycles. The maximum Gasteiger partial charge on any atom is 1.00 e. The van der Waals surface area contributed by atoms with Crippen LogP contribution in [0.5, 0.6) is 0 Å². The van der Waals surface area contributed by atoms with Gasteiger partial charge < -0.3 is 9.97 Å². The van der Waals surface area contributed by atoms with Crippen LogP contribution in [0.15, 0.2) is 67.0 Å². The molecule has 0 saturated carbocycles. The van der Waals surface area contributed by atoms with Crippen LogP contribution in [0, 0.1) is 0 Å². The van der Waals surface area contributed by atoms with E-state index in [4.69, 9.17) is 0 Å². The topological polar surface area (TPSA) is 27.0 Å². The van der Waals surface area contributed by atoms with Crippen LogP contribution in [0.4, 0.5) is 0 Å². The second-order valence-electron chi connectivity index (χ2n) is 3.80. The first-order valence-corrected chi connectivity index (χ1v) is 5.53. The molecule has 1 aromatic heterocycles. The Morgan fingerprint density at radius 1 is 0.722 bits per heavy atom. The van der Waals surface area contributed by atoms with E-state index in [-0.39, 0.29) is 29.6 Å². The van der Waals surface area contributed by atoms with Gasteiger partial charge in [0.2, 0.25) is 0 Å². The van der Waals surface area contributed by atoms with Crippen molar-refractivity contribution in [3.8, 4) is 22.5 Å². The third kappa shape index (κ3) is 2.56. The number of hydrogen-bond acceptors (Lipinski definition) is 1. The van der Waals surface area contributed by atoms with Gasteiger partial charge in [-0.2, -0.15) is 0 Å². The van der Waals surface area contributed by atoms with Gasteiger partial charge in [-0.05, 0) is 22.5 Å². The molecule has 0 amide bonds. The Balaban J connectivity index is 0.00000120. The summed E-state index contributed by atoms with van der Waals surface area (Å²) in [5.41, 5.74) is 4.08. The third-order valence-corrected chi connectivity index (χ3v) is 2.69. The Kier molecular flexibility index (Phi) is 4.37. The predicted molar refractivity (Wildman–Crippen MR) is 68.4 cm³/mol. The van der Waals surface area contributed by atoms with Crippen LogP contribution >= 0.6 is 0 Å². The first-order chi connectivity index (χ1) is 8.45.